The molecule has 25 heteroatoms. The molecule has 10 N–H and O–H groups in total. The van der Waals surface area contributed by atoms with Gasteiger partial charge in [-0.1, -0.05) is 103 Å². The van der Waals surface area contributed by atoms with E-state index in [1.165, 1.54) is 7.11 Å². The van der Waals surface area contributed by atoms with Gasteiger partial charge in [0.2, 0.25) is 41.4 Å². The van der Waals surface area contributed by atoms with Crippen LogP contribution >= 0.6 is 11.8 Å². The lowest BCUT2D eigenvalue weighted by molar-refractivity contribution is -0.149. The number of ketones is 1. The summed E-state index contributed by atoms with van der Waals surface area (Å²) in [6.45, 7) is 16.3. The molecule has 3 aromatic rings. The lowest BCUT2D eigenvalue weighted by Gasteiger charge is -2.41. The number of nitrogens with one attached hydrogen (secondary N) is 6. The molecule has 1 saturated heterocycles. The Morgan fingerprint density at radius 2 is 1.55 bits per heavy atom. The number of hydrogen-bond donors (Lipinski definition) is 9. The number of likely N-dealkylation sites (tertiary alicyclic amines) is 1. The molecule has 7 rings (SSSR count). The number of alkyl carbamates (subject to hydrolysis) is 1. The number of fused-ring (bicyclic) bond motifs is 5. The van der Waals surface area contributed by atoms with Crippen molar-refractivity contribution >= 4 is 84.8 Å². The molecule has 0 saturated carbocycles. The van der Waals surface area contributed by atoms with Gasteiger partial charge in [-0.15, -0.1) is 11.8 Å². The predicted octanol–water partition coefficient (Wildman–Crippen LogP) is 4.43. The van der Waals surface area contributed by atoms with Gasteiger partial charge < -0.3 is 66.6 Å². The van der Waals surface area contributed by atoms with Crippen LogP contribution in [0.4, 0.5) is 4.79 Å². The number of carbonyl (C=O) groups excluding carboxylic acids is 9. The highest BCUT2D eigenvalue weighted by Gasteiger charge is 2.45. The standard InChI is InChI=1S/C63H84N8O15SSi/c1-11-33(2)55-58(78)65-29-54(76)66-48(57(77)68-47(28-52(64)74)60(80)71-30-37(72)26-49(71)61(81)82)32-87-51-25-36-24-38(84-8)20-21-39(36)44(51)27-46(50(73)22-23-53(75)69-55)67-59(79)56(34(3)35(4)86-88(9,10)63(5,6)7)70-62(83)85-31-45-42-18-14-12-16-40(42)41-17-13-15-19-43(41)45/h12-21,24,33-35,37,45-49,55-56,72H,11,22-23,25-32H2,1-10H3,(H2,64,74)(H,65,78)(H,66,76)(H,67,79)(H,68,77)(H,69,75)(H,70,83)(H,81,82)/t33-,34-,35-,37+,46+,47+,48+,49-,55-,56-/m0/s1. The number of β-amino-alcohol motifs (C(OH)–C–C–N with tert-alkyl or cyclic N) is 1. The zero-order chi connectivity index (χ0) is 64.5. The zero-order valence-electron chi connectivity index (χ0n) is 51.6. The average molecular weight is 1250 g/mol. The van der Waals surface area contributed by atoms with E-state index in [2.05, 4.69) is 65.8 Å². The van der Waals surface area contributed by atoms with Gasteiger partial charge in [0.05, 0.1) is 32.2 Å². The molecule has 2 aliphatic carbocycles. The molecule has 2 aliphatic heterocycles. The number of carboxylic acids is 1. The van der Waals surface area contributed by atoms with Gasteiger partial charge in [0.1, 0.15) is 42.6 Å². The first-order valence-electron chi connectivity index (χ1n) is 29.8. The summed E-state index contributed by atoms with van der Waals surface area (Å²) in [4.78, 5) is 141. The minimum absolute atomic E-state index is 0.0603. The van der Waals surface area contributed by atoms with Crippen molar-refractivity contribution in [2.24, 2.45) is 17.6 Å². The topological polar surface area (TPSA) is 340 Å². The number of primary amides is 1. The molecule has 4 aliphatic rings. The molecular formula is C63H84N8O15SSi. The minimum Gasteiger partial charge on any atom is -0.497 e. The monoisotopic (exact) mass is 1250 g/mol. The molecular weight excluding hydrogens is 1170 g/mol. The van der Waals surface area contributed by atoms with Crippen molar-refractivity contribution < 1.29 is 72.1 Å². The highest BCUT2D eigenvalue weighted by molar-refractivity contribution is 8.03. The maximum absolute atomic E-state index is 15.4. The second kappa shape index (κ2) is 29.1. The van der Waals surface area contributed by atoms with Crippen LogP contribution in [0.3, 0.4) is 0 Å². The number of allylic oxidation sites excluding steroid dienone is 1. The molecule has 0 bridgehead atoms. The summed E-state index contributed by atoms with van der Waals surface area (Å²) in [6.07, 6.45) is -4.25. The number of nitrogens with two attached hydrogens (primary N) is 1. The maximum atomic E-state index is 15.4. The molecule has 3 aromatic carbocycles. The number of aliphatic hydroxyl groups excluding tert-OH is 1. The number of ether oxygens (including phenoxy) is 2. The Morgan fingerprint density at radius 3 is 2.16 bits per heavy atom. The van der Waals surface area contributed by atoms with Crippen molar-refractivity contribution in [2.45, 2.75) is 166 Å². The van der Waals surface area contributed by atoms with E-state index < -0.39 is 160 Å². The highest BCUT2D eigenvalue weighted by atomic mass is 32.2. The summed E-state index contributed by atoms with van der Waals surface area (Å²) in [5, 5.41) is 36.2. The highest BCUT2D eigenvalue weighted by Crippen LogP contribution is 2.46. The molecule has 0 radical (unpaired) electrons. The van der Waals surface area contributed by atoms with Crippen LogP contribution < -0.4 is 42.4 Å². The van der Waals surface area contributed by atoms with Gasteiger partial charge in [-0.3, -0.25) is 38.4 Å². The van der Waals surface area contributed by atoms with E-state index in [4.69, 9.17) is 19.6 Å². The van der Waals surface area contributed by atoms with Gasteiger partial charge in [0, 0.05) is 62.3 Å². The Kier molecular flexibility index (Phi) is 22.5. The Labute approximate surface area is 518 Å². The van der Waals surface area contributed by atoms with E-state index in [0.717, 1.165) is 44.5 Å². The molecule has 1 fully saturated rings. The third-order valence-corrected chi connectivity index (χ3v) is 23.5. The van der Waals surface area contributed by atoms with Crippen molar-refractivity contribution in [1.82, 2.24) is 36.8 Å². The third kappa shape index (κ3) is 16.4. The first kappa shape index (κ1) is 67.9. The third-order valence-electron chi connectivity index (χ3n) is 17.7. The number of aliphatic hydroxyl groups is 1. The summed E-state index contributed by atoms with van der Waals surface area (Å²) in [7, 11) is -1.02. The van der Waals surface area contributed by atoms with Gasteiger partial charge in [0.15, 0.2) is 14.1 Å². The van der Waals surface area contributed by atoms with Gasteiger partial charge in [0.25, 0.3) is 0 Å². The summed E-state index contributed by atoms with van der Waals surface area (Å²) in [5.41, 5.74) is 11.5. The molecule has 2 heterocycles. The van der Waals surface area contributed by atoms with Crippen LogP contribution in [0.15, 0.2) is 71.6 Å². The maximum Gasteiger partial charge on any atom is 0.407 e. The van der Waals surface area contributed by atoms with E-state index in [-0.39, 0.29) is 42.6 Å². The van der Waals surface area contributed by atoms with Crippen LogP contribution in [0.1, 0.15) is 115 Å². The van der Waals surface area contributed by atoms with Gasteiger partial charge in [-0.05, 0) is 87.0 Å². The number of aliphatic carboxylic acids is 1. The first-order chi connectivity index (χ1) is 41.5. The number of rotatable bonds is 18. The van der Waals surface area contributed by atoms with Crippen LogP contribution in [-0.2, 0) is 58.7 Å². The van der Waals surface area contributed by atoms with E-state index in [9.17, 15) is 48.6 Å². The quantitative estimate of drug-likeness (QED) is 0.0796. The zero-order valence-corrected chi connectivity index (χ0v) is 53.4. The Bertz CT molecular complexity index is 3160. The fourth-order valence-electron chi connectivity index (χ4n) is 11.3. The van der Waals surface area contributed by atoms with Gasteiger partial charge >= 0.3 is 12.1 Å². The van der Waals surface area contributed by atoms with Crippen molar-refractivity contribution in [1.29, 1.82) is 0 Å². The molecule has 10 atom stereocenters. The number of nitrogens with zero attached hydrogens (tertiary/aromatic N) is 1. The van der Waals surface area contributed by atoms with E-state index in [0.29, 0.717) is 28.2 Å². The second-order valence-corrected chi connectivity index (χ2v) is 30.6. The van der Waals surface area contributed by atoms with Crippen molar-refractivity contribution in [3.05, 3.63) is 93.9 Å². The number of hydrogen-bond acceptors (Lipinski definition) is 15. The normalized spacial score (nSPS) is 22.1. The predicted molar refractivity (Wildman–Crippen MR) is 332 cm³/mol. The largest absolute Gasteiger partial charge is 0.497 e. The van der Waals surface area contributed by atoms with Crippen LogP contribution in [0, 0.1) is 11.8 Å². The number of carboxylic acid groups (broad SMARTS) is 1. The lowest BCUT2D eigenvalue weighted by Crippen LogP contribution is -2.58. The van der Waals surface area contributed by atoms with Crippen LogP contribution in [0.25, 0.3) is 16.7 Å². The van der Waals surface area contributed by atoms with Crippen LogP contribution in [0.2, 0.25) is 18.1 Å². The average Bonchev–Trinajstić information content (AvgIpc) is 2.19. The molecule has 0 spiro atoms. The van der Waals surface area contributed by atoms with Crippen LogP contribution in [0.5, 0.6) is 5.75 Å². The van der Waals surface area contributed by atoms with E-state index in [1.807, 2.05) is 55.5 Å². The second-order valence-electron chi connectivity index (χ2n) is 24.8. The van der Waals surface area contributed by atoms with Gasteiger partial charge in [-0.25, -0.2) is 9.59 Å². The Morgan fingerprint density at radius 1 is 0.886 bits per heavy atom. The smallest absolute Gasteiger partial charge is 0.407 e. The Hall–Kier alpha value is -7.61. The molecule has 88 heavy (non-hydrogen) atoms. The number of amides is 8. The molecule has 0 unspecified atom stereocenters. The van der Waals surface area contributed by atoms with Crippen molar-refractivity contribution in [2.75, 3.05) is 32.6 Å². The first-order valence-corrected chi connectivity index (χ1v) is 33.7. The summed E-state index contributed by atoms with van der Waals surface area (Å²) < 4.78 is 18.4. The van der Waals surface area contributed by atoms with E-state index in [1.54, 1.807) is 39.0 Å². The fourth-order valence-corrected chi connectivity index (χ4v) is 14.0. The van der Waals surface area contributed by atoms with Crippen molar-refractivity contribution in [3.63, 3.8) is 0 Å². The van der Waals surface area contributed by atoms with E-state index >= 15 is 9.59 Å². The number of carbonyl (C=O) groups is 10. The number of thioether (sulfide) groups is 1. The number of benzene rings is 3. The lowest BCUT2D eigenvalue weighted by atomic mass is 9.93. The SMILES string of the molecule is CC[C@H](C)[C@@H]1NC(=O)CCC(=O)[C@H](NC(=O)[C@@H](NC(=O)OCC2c3ccccc3-c3ccccc32)[C@@H](C)[C@H](C)O[Si](C)(C)C(C)(C)C)CC2=C(Cc3cc(OC)ccc32)SC[C@H](C(=O)N[C@H](CC(N)=O)C(=O)N2C[C@H](O)C[C@H]2C(=O)O)NC(=O)CNC1=O. The summed E-state index contributed by atoms with van der Waals surface area (Å²) in [6, 6.07) is 12.3. The fraction of sp³-hybridized carbons (Fsp3) is 0.524. The Balaban J connectivity index is 1.26. The van der Waals surface area contributed by atoms with Crippen molar-refractivity contribution in [3.8, 4) is 16.9 Å². The summed E-state index contributed by atoms with van der Waals surface area (Å²) in [5.74, 6) is -9.41. The van der Waals surface area contributed by atoms with Crippen LogP contribution in [-0.4, -0.2) is 164 Å². The molecule has 0 aromatic heterocycles. The molecule has 23 nitrogen and oxygen atoms in total. The number of Topliss-reactive ketones (excluding diaryl/α,β-unsaturated/α-hetero) is 1. The summed E-state index contributed by atoms with van der Waals surface area (Å²) >= 11 is 1.10. The molecule has 8 amide bonds. The van der Waals surface area contributed by atoms with Gasteiger partial charge in [-0.2, -0.15) is 0 Å². The number of methoxy groups -OCH3 is 1. The minimum atomic E-state index is -2.51. The molecule has 476 valence electrons.